The van der Waals surface area contributed by atoms with E-state index in [1.54, 1.807) is 0 Å². The Balaban J connectivity index is 1.99. The minimum atomic E-state index is -0.726. The maximum atomic E-state index is 12.0. The Morgan fingerprint density at radius 3 is 2.45 bits per heavy atom. The van der Waals surface area contributed by atoms with Crippen molar-refractivity contribution in [2.24, 2.45) is 0 Å². The topological polar surface area (TPSA) is 86.8 Å². The number of carbonyl (C=O) groups is 1. The molecule has 20 heavy (non-hydrogen) atoms. The number of β-amino-alcohol motifs (C(OH)–C–C–N with tert-alkyl or cyclic N) is 2. The van der Waals surface area contributed by atoms with E-state index in [0.717, 1.165) is 23.4 Å². The molecule has 0 bridgehead atoms. The van der Waals surface area contributed by atoms with Crippen molar-refractivity contribution in [1.82, 2.24) is 0 Å². The molecule has 1 saturated heterocycles. The fourth-order valence-electron chi connectivity index (χ4n) is 2.75. The van der Waals surface area contributed by atoms with Gasteiger partial charge < -0.3 is 20.8 Å². The van der Waals surface area contributed by atoms with Crippen LogP contribution in [0.4, 0.5) is 10.7 Å². The van der Waals surface area contributed by atoms with Gasteiger partial charge in [0.1, 0.15) is 0 Å². The van der Waals surface area contributed by atoms with Gasteiger partial charge in [-0.2, -0.15) is 0 Å². The van der Waals surface area contributed by atoms with Crippen LogP contribution >= 0.6 is 11.3 Å². The van der Waals surface area contributed by atoms with Crippen LogP contribution in [-0.4, -0.2) is 41.3 Å². The van der Waals surface area contributed by atoms with Crippen LogP contribution in [0.1, 0.15) is 47.3 Å². The van der Waals surface area contributed by atoms with E-state index >= 15 is 0 Å². The lowest BCUT2D eigenvalue weighted by Gasteiger charge is -2.17. The van der Waals surface area contributed by atoms with Gasteiger partial charge >= 0.3 is 0 Å². The lowest BCUT2D eigenvalue weighted by molar-refractivity contribution is 0.0572. The number of nitrogens with two attached hydrogens (primary N) is 1. The number of nitrogens with zero attached hydrogens (tertiary/aromatic N) is 1. The van der Waals surface area contributed by atoms with Crippen LogP contribution in [0.3, 0.4) is 0 Å². The first kappa shape index (κ1) is 13.9. The number of nitrogen functional groups attached to an aromatic ring is 1. The highest BCUT2D eigenvalue weighted by molar-refractivity contribution is 7.19. The van der Waals surface area contributed by atoms with Crippen molar-refractivity contribution in [3.05, 3.63) is 10.4 Å². The number of aliphatic hydroxyl groups excluding tert-OH is 2. The average Bonchev–Trinajstić information content (AvgIpc) is 3.12. The third-order valence-electron chi connectivity index (χ3n) is 4.07. The molecule has 0 aromatic carbocycles. The number of hydrogen-bond donors (Lipinski definition) is 3. The van der Waals surface area contributed by atoms with Crippen LogP contribution in [0.2, 0.25) is 0 Å². The van der Waals surface area contributed by atoms with Crippen LogP contribution in [-0.2, 0) is 0 Å². The Morgan fingerprint density at radius 2 is 1.95 bits per heavy atom. The van der Waals surface area contributed by atoms with Crippen LogP contribution in [0.25, 0.3) is 0 Å². The zero-order valence-electron chi connectivity index (χ0n) is 11.5. The Labute approximate surface area is 122 Å². The van der Waals surface area contributed by atoms with Crippen molar-refractivity contribution >= 4 is 27.8 Å². The van der Waals surface area contributed by atoms with E-state index in [4.69, 9.17) is 5.73 Å². The summed E-state index contributed by atoms with van der Waals surface area (Å²) in [7, 11) is 0. The second-order valence-electron chi connectivity index (χ2n) is 5.65. The lowest BCUT2D eigenvalue weighted by atomic mass is 10.1. The number of aliphatic hydroxyl groups is 2. The molecule has 0 radical (unpaired) electrons. The van der Waals surface area contributed by atoms with Gasteiger partial charge in [-0.15, -0.1) is 11.3 Å². The fourth-order valence-corrected chi connectivity index (χ4v) is 4.08. The molecule has 1 aromatic heterocycles. The number of Topliss-reactive ketones (excluding diaryl/α,β-unsaturated/α-hetero) is 1. The van der Waals surface area contributed by atoms with E-state index in [1.165, 1.54) is 11.3 Å². The smallest absolute Gasteiger partial charge is 0.174 e. The molecule has 6 heteroatoms. The summed E-state index contributed by atoms with van der Waals surface area (Å²) in [6.07, 6.45) is 1.20. The average molecular weight is 296 g/mol. The van der Waals surface area contributed by atoms with Gasteiger partial charge in [-0.05, 0) is 18.8 Å². The first-order valence-corrected chi connectivity index (χ1v) is 7.91. The minimum absolute atomic E-state index is 0.0703. The number of hydrogen-bond acceptors (Lipinski definition) is 6. The summed E-state index contributed by atoms with van der Waals surface area (Å²) < 4.78 is 0. The van der Waals surface area contributed by atoms with E-state index in [1.807, 2.05) is 11.8 Å². The van der Waals surface area contributed by atoms with E-state index in [-0.39, 0.29) is 5.78 Å². The van der Waals surface area contributed by atoms with Gasteiger partial charge in [0.2, 0.25) is 0 Å². The summed E-state index contributed by atoms with van der Waals surface area (Å²) in [5, 5.41) is 20.4. The van der Waals surface area contributed by atoms with E-state index in [0.29, 0.717) is 36.0 Å². The van der Waals surface area contributed by atoms with Crippen LogP contribution in [0.15, 0.2) is 0 Å². The molecule has 2 heterocycles. The number of thiophene rings is 1. The molecule has 5 nitrogen and oxygen atoms in total. The molecule has 1 saturated carbocycles. The summed E-state index contributed by atoms with van der Waals surface area (Å²) >= 11 is 1.42. The number of rotatable bonds is 4. The van der Waals surface area contributed by atoms with Crippen molar-refractivity contribution in [2.45, 2.75) is 44.3 Å². The Morgan fingerprint density at radius 1 is 1.35 bits per heavy atom. The molecule has 2 unspecified atom stereocenters. The van der Waals surface area contributed by atoms with Crippen molar-refractivity contribution in [3.8, 4) is 0 Å². The molecule has 3 rings (SSSR count). The van der Waals surface area contributed by atoms with Gasteiger partial charge in [0.15, 0.2) is 5.78 Å². The third-order valence-corrected chi connectivity index (χ3v) is 5.39. The van der Waals surface area contributed by atoms with E-state index in [9.17, 15) is 15.0 Å². The maximum absolute atomic E-state index is 12.0. The lowest BCUT2D eigenvalue weighted by Crippen LogP contribution is -2.22. The van der Waals surface area contributed by atoms with Gasteiger partial charge in [-0.1, -0.05) is 6.92 Å². The monoisotopic (exact) mass is 296 g/mol. The van der Waals surface area contributed by atoms with Crippen LogP contribution < -0.4 is 10.6 Å². The summed E-state index contributed by atoms with van der Waals surface area (Å²) in [5.41, 5.74) is 7.88. The molecule has 4 N–H and O–H groups in total. The first-order valence-electron chi connectivity index (χ1n) is 7.09. The van der Waals surface area contributed by atoms with Gasteiger partial charge in [0, 0.05) is 25.1 Å². The number of ketones is 1. The quantitative estimate of drug-likeness (QED) is 0.730. The summed E-state index contributed by atoms with van der Waals surface area (Å²) in [6.45, 7) is 2.64. The zero-order chi connectivity index (χ0) is 14.4. The van der Waals surface area contributed by atoms with E-state index in [2.05, 4.69) is 0 Å². The summed E-state index contributed by atoms with van der Waals surface area (Å²) in [4.78, 5) is 14.6. The highest BCUT2D eigenvalue weighted by Crippen LogP contribution is 2.52. The molecular weight excluding hydrogens is 276 g/mol. The number of anilines is 2. The van der Waals surface area contributed by atoms with Crippen molar-refractivity contribution in [3.63, 3.8) is 0 Å². The summed E-state index contributed by atoms with van der Waals surface area (Å²) in [5.74, 6) is 0.510. The Bertz CT molecular complexity index is 529. The van der Waals surface area contributed by atoms with Gasteiger partial charge in [0.25, 0.3) is 0 Å². The second-order valence-corrected chi connectivity index (χ2v) is 6.65. The maximum Gasteiger partial charge on any atom is 0.174 e. The van der Waals surface area contributed by atoms with Gasteiger partial charge in [0.05, 0.1) is 27.8 Å². The number of carbonyl (C=O) groups excluding carboxylic acids is 1. The predicted octanol–water partition coefficient (Wildman–Crippen LogP) is 1.34. The molecule has 1 aliphatic carbocycles. The molecular formula is C14H20N2O3S. The molecule has 2 fully saturated rings. The molecule has 2 atom stereocenters. The standard InChI is InChI=1S/C14H20N2O3S/c1-2-8(17)13-12(15)11(7-3-4-7)14(20-13)16-5-9(18)10(19)6-16/h7,9-10,18-19H,2-6,15H2,1H3. The molecule has 0 amide bonds. The predicted molar refractivity (Wildman–Crippen MR) is 79.6 cm³/mol. The van der Waals surface area contributed by atoms with E-state index < -0.39 is 12.2 Å². The fraction of sp³-hybridized carbons (Fsp3) is 0.643. The molecule has 1 aromatic rings. The Hall–Kier alpha value is -1.11. The van der Waals surface area contributed by atoms with Crippen LogP contribution in [0.5, 0.6) is 0 Å². The first-order chi connectivity index (χ1) is 9.52. The highest BCUT2D eigenvalue weighted by atomic mass is 32.1. The normalized spacial score (nSPS) is 26.2. The SMILES string of the molecule is CCC(=O)c1sc(N2CC(O)C(O)C2)c(C2CC2)c1N. The van der Waals surface area contributed by atoms with Gasteiger partial charge in [-0.3, -0.25) is 4.79 Å². The minimum Gasteiger partial charge on any atom is -0.397 e. The van der Waals surface area contributed by atoms with Crippen LogP contribution in [0, 0.1) is 0 Å². The molecule has 2 aliphatic rings. The Kier molecular flexibility index (Phi) is 3.48. The van der Waals surface area contributed by atoms with Crippen molar-refractivity contribution < 1.29 is 15.0 Å². The second kappa shape index (κ2) is 5.02. The molecule has 110 valence electrons. The highest BCUT2D eigenvalue weighted by Gasteiger charge is 2.38. The van der Waals surface area contributed by atoms with Crippen molar-refractivity contribution in [2.75, 3.05) is 23.7 Å². The molecule has 0 spiro atoms. The zero-order valence-corrected chi connectivity index (χ0v) is 12.3. The summed E-state index contributed by atoms with van der Waals surface area (Å²) in [6, 6.07) is 0. The largest absolute Gasteiger partial charge is 0.397 e. The van der Waals surface area contributed by atoms with Crippen molar-refractivity contribution in [1.29, 1.82) is 0 Å². The molecule has 1 aliphatic heterocycles. The van der Waals surface area contributed by atoms with Gasteiger partial charge in [-0.25, -0.2) is 0 Å². The third kappa shape index (κ3) is 2.21.